The molecule has 0 fully saturated rings. The SMILES string of the molecule is Oc1nc2c(O)c(O)c(CI)c(O)c2c(O)c1O. The molecular weight excluding hydrogens is 357 g/mol. The van der Waals surface area contributed by atoms with Gasteiger partial charge in [-0.1, -0.05) is 22.6 Å². The molecule has 0 aliphatic carbocycles. The van der Waals surface area contributed by atoms with E-state index in [1.54, 1.807) is 0 Å². The molecule has 7 nitrogen and oxygen atoms in total. The highest BCUT2D eigenvalue weighted by molar-refractivity contribution is 14.1. The summed E-state index contributed by atoms with van der Waals surface area (Å²) in [6.45, 7) is 0. The van der Waals surface area contributed by atoms with Crippen molar-refractivity contribution < 1.29 is 30.6 Å². The number of halogens is 1. The maximum absolute atomic E-state index is 9.88. The van der Waals surface area contributed by atoms with Gasteiger partial charge in [0.05, 0.1) is 10.9 Å². The minimum atomic E-state index is -0.920. The van der Waals surface area contributed by atoms with Crippen molar-refractivity contribution in [1.82, 2.24) is 4.98 Å². The number of benzene rings is 1. The topological polar surface area (TPSA) is 134 Å². The Labute approximate surface area is 114 Å². The Morgan fingerprint density at radius 1 is 0.778 bits per heavy atom. The van der Waals surface area contributed by atoms with E-state index in [0.717, 1.165) is 0 Å². The molecule has 0 bridgehead atoms. The van der Waals surface area contributed by atoms with Gasteiger partial charge in [0.25, 0.3) is 5.88 Å². The van der Waals surface area contributed by atoms with Crippen molar-refractivity contribution in [2.75, 3.05) is 0 Å². The number of aromatic nitrogens is 1. The van der Waals surface area contributed by atoms with Crippen LogP contribution in [0.2, 0.25) is 0 Å². The molecule has 1 aromatic carbocycles. The first-order valence-corrected chi connectivity index (χ1v) is 6.19. The molecule has 0 spiro atoms. The number of hydrogen-bond acceptors (Lipinski definition) is 7. The van der Waals surface area contributed by atoms with Crippen molar-refractivity contribution >= 4 is 33.5 Å². The molecule has 2 aromatic rings. The number of phenolic OH excluding ortho intramolecular Hbond substituents is 3. The van der Waals surface area contributed by atoms with Crippen molar-refractivity contribution in [3.05, 3.63) is 5.56 Å². The summed E-state index contributed by atoms with van der Waals surface area (Å²) in [6, 6.07) is 0. The fraction of sp³-hybridized carbons (Fsp3) is 0.100. The van der Waals surface area contributed by atoms with E-state index in [0.29, 0.717) is 0 Å². The summed E-state index contributed by atoms with van der Waals surface area (Å²) >= 11 is 1.84. The molecule has 0 amide bonds. The fourth-order valence-electron chi connectivity index (χ4n) is 1.59. The second-order valence-corrected chi connectivity index (χ2v) is 4.28. The third-order valence-corrected chi connectivity index (χ3v) is 3.28. The Balaban J connectivity index is 3.08. The van der Waals surface area contributed by atoms with Crippen LogP contribution < -0.4 is 0 Å². The molecule has 0 radical (unpaired) electrons. The number of rotatable bonds is 1. The molecule has 0 aliphatic rings. The monoisotopic (exact) mass is 365 g/mol. The number of fused-ring (bicyclic) bond motifs is 1. The van der Waals surface area contributed by atoms with Crippen LogP contribution in [-0.2, 0) is 4.43 Å². The second kappa shape index (κ2) is 4.12. The van der Waals surface area contributed by atoms with Gasteiger partial charge < -0.3 is 30.6 Å². The number of nitrogens with zero attached hydrogens (tertiary/aromatic N) is 1. The Hall–Kier alpha value is -1.84. The van der Waals surface area contributed by atoms with Crippen LogP contribution in [0.4, 0.5) is 0 Å². The van der Waals surface area contributed by atoms with Crippen molar-refractivity contribution in [2.24, 2.45) is 0 Å². The normalized spacial score (nSPS) is 10.9. The number of pyridine rings is 1. The zero-order chi connectivity index (χ0) is 13.6. The van der Waals surface area contributed by atoms with E-state index in [9.17, 15) is 30.6 Å². The van der Waals surface area contributed by atoms with Crippen LogP contribution in [0.5, 0.6) is 34.6 Å². The highest BCUT2D eigenvalue weighted by atomic mass is 127. The van der Waals surface area contributed by atoms with E-state index in [-0.39, 0.29) is 15.4 Å². The van der Waals surface area contributed by atoms with Crippen molar-refractivity contribution in [2.45, 2.75) is 4.43 Å². The molecule has 0 saturated heterocycles. The lowest BCUT2D eigenvalue weighted by Crippen LogP contribution is -1.89. The zero-order valence-electron chi connectivity index (χ0n) is 8.72. The van der Waals surface area contributed by atoms with E-state index in [1.165, 1.54) is 0 Å². The van der Waals surface area contributed by atoms with Gasteiger partial charge in [-0.05, 0) is 0 Å². The van der Waals surface area contributed by atoms with Gasteiger partial charge in [0, 0.05) is 4.43 Å². The second-order valence-electron chi connectivity index (χ2n) is 3.51. The summed E-state index contributed by atoms with van der Waals surface area (Å²) in [4.78, 5) is 3.41. The quantitative estimate of drug-likeness (QED) is 0.195. The van der Waals surface area contributed by atoms with E-state index in [4.69, 9.17) is 0 Å². The molecule has 0 aliphatic heterocycles. The average molecular weight is 365 g/mol. The zero-order valence-corrected chi connectivity index (χ0v) is 10.9. The number of phenols is 3. The first-order valence-electron chi connectivity index (χ1n) is 4.66. The van der Waals surface area contributed by atoms with Gasteiger partial charge in [-0.2, -0.15) is 0 Å². The van der Waals surface area contributed by atoms with E-state index in [1.807, 2.05) is 22.6 Å². The van der Waals surface area contributed by atoms with Gasteiger partial charge in [-0.15, -0.1) is 0 Å². The lowest BCUT2D eigenvalue weighted by molar-refractivity contribution is 0.358. The Morgan fingerprint density at radius 3 is 1.94 bits per heavy atom. The van der Waals surface area contributed by atoms with Crippen LogP contribution in [0.25, 0.3) is 10.9 Å². The molecule has 0 atom stereocenters. The van der Waals surface area contributed by atoms with Crippen LogP contribution in [0.1, 0.15) is 5.56 Å². The summed E-state index contributed by atoms with van der Waals surface area (Å²) in [6.07, 6.45) is 0. The van der Waals surface area contributed by atoms with Gasteiger partial charge in [0.15, 0.2) is 17.2 Å². The van der Waals surface area contributed by atoms with Crippen LogP contribution in [-0.4, -0.2) is 35.6 Å². The molecule has 1 heterocycles. The summed E-state index contributed by atoms with van der Waals surface area (Å²) in [7, 11) is 0. The van der Waals surface area contributed by atoms with E-state index < -0.39 is 40.1 Å². The van der Waals surface area contributed by atoms with Gasteiger partial charge in [-0.25, -0.2) is 4.98 Å². The molecule has 6 N–H and O–H groups in total. The Morgan fingerprint density at radius 2 is 1.39 bits per heavy atom. The van der Waals surface area contributed by atoms with E-state index in [2.05, 4.69) is 4.98 Å². The Kier molecular flexibility index (Phi) is 2.89. The lowest BCUT2D eigenvalue weighted by Gasteiger charge is -2.12. The maximum atomic E-state index is 9.88. The Bertz CT molecular complexity index is 657. The number of aromatic hydroxyl groups is 6. The van der Waals surface area contributed by atoms with E-state index >= 15 is 0 Å². The number of alkyl halides is 1. The van der Waals surface area contributed by atoms with Crippen LogP contribution in [0.3, 0.4) is 0 Å². The predicted octanol–water partition coefficient (Wildman–Crippen LogP) is 1.40. The fourth-order valence-corrected chi connectivity index (χ4v) is 2.31. The minimum Gasteiger partial charge on any atom is -0.507 e. The first-order chi connectivity index (χ1) is 8.40. The molecule has 0 unspecified atom stereocenters. The van der Waals surface area contributed by atoms with Gasteiger partial charge in [0.1, 0.15) is 11.3 Å². The van der Waals surface area contributed by atoms with Crippen molar-refractivity contribution in [1.29, 1.82) is 0 Å². The van der Waals surface area contributed by atoms with Gasteiger partial charge >= 0.3 is 0 Å². The third-order valence-electron chi connectivity index (χ3n) is 2.52. The number of hydrogen-bond donors (Lipinski definition) is 6. The predicted molar refractivity (Wildman–Crippen MR) is 69.5 cm³/mol. The molecule has 96 valence electrons. The minimum absolute atomic E-state index is 0.0113. The average Bonchev–Trinajstić information content (AvgIpc) is 2.33. The van der Waals surface area contributed by atoms with Crippen LogP contribution in [0.15, 0.2) is 0 Å². The highest BCUT2D eigenvalue weighted by Gasteiger charge is 2.24. The summed E-state index contributed by atoms with van der Waals surface area (Å²) in [5.74, 6) is -4.46. The molecule has 2 rings (SSSR count). The molecule has 8 heteroatoms. The summed E-state index contributed by atoms with van der Waals surface area (Å²) in [5, 5.41) is 57.1. The standard InChI is InChI=1S/C10H8INO6/c11-1-2-5(13)3-4(8(16)6(2)14)12-10(18)9(17)7(3)15/h13-14,16-17H,1H2,(H2,12,15,18). The summed E-state index contributed by atoms with van der Waals surface area (Å²) in [5.41, 5.74) is -0.422. The van der Waals surface area contributed by atoms with Gasteiger partial charge in [0.2, 0.25) is 5.75 Å². The van der Waals surface area contributed by atoms with Crippen molar-refractivity contribution in [3.8, 4) is 34.6 Å². The van der Waals surface area contributed by atoms with Gasteiger partial charge in [-0.3, -0.25) is 0 Å². The maximum Gasteiger partial charge on any atom is 0.259 e. The molecule has 0 saturated carbocycles. The van der Waals surface area contributed by atoms with Crippen molar-refractivity contribution in [3.63, 3.8) is 0 Å². The largest absolute Gasteiger partial charge is 0.507 e. The molecule has 18 heavy (non-hydrogen) atoms. The molecular formula is C10H8INO6. The van der Waals surface area contributed by atoms with Crippen LogP contribution in [0, 0.1) is 0 Å². The third kappa shape index (κ3) is 1.52. The summed E-state index contributed by atoms with van der Waals surface area (Å²) < 4.78 is 0.153. The lowest BCUT2D eigenvalue weighted by atomic mass is 10.1. The van der Waals surface area contributed by atoms with Crippen LogP contribution >= 0.6 is 22.6 Å². The molecule has 1 aromatic heterocycles. The highest BCUT2D eigenvalue weighted by Crippen LogP contribution is 2.51. The smallest absolute Gasteiger partial charge is 0.259 e. The first kappa shape index (κ1) is 12.6.